The lowest BCUT2D eigenvalue weighted by molar-refractivity contribution is -0.275. The van der Waals surface area contributed by atoms with Gasteiger partial charge in [-0.1, -0.05) is 18.9 Å². The van der Waals surface area contributed by atoms with E-state index in [4.69, 9.17) is 0 Å². The van der Waals surface area contributed by atoms with Crippen molar-refractivity contribution in [2.75, 3.05) is 7.11 Å². The maximum Gasteiger partial charge on any atom is 0.573 e. The molecule has 0 amide bonds. The Morgan fingerprint density at radius 3 is 2.45 bits per heavy atom. The summed E-state index contributed by atoms with van der Waals surface area (Å²) in [5.41, 5.74) is 0.556. The van der Waals surface area contributed by atoms with Gasteiger partial charge in [-0.2, -0.15) is 0 Å². The Balaban J connectivity index is 2.37. The van der Waals surface area contributed by atoms with Crippen LogP contribution >= 0.6 is 0 Å². The summed E-state index contributed by atoms with van der Waals surface area (Å²) in [6, 6.07) is 4.11. The number of carbonyl (C=O) groups excluding carboxylic acids is 1. The van der Waals surface area contributed by atoms with Gasteiger partial charge in [0.15, 0.2) is 0 Å². The summed E-state index contributed by atoms with van der Waals surface area (Å²) in [7, 11) is 1.18. The Bertz CT molecular complexity index is 491. The number of hydrogen-bond acceptors (Lipinski definition) is 3. The lowest BCUT2D eigenvalue weighted by Gasteiger charge is -2.18. The zero-order valence-corrected chi connectivity index (χ0v) is 11.0. The molecule has 0 aromatic heterocycles. The van der Waals surface area contributed by atoms with E-state index in [0.29, 0.717) is 5.56 Å². The van der Waals surface area contributed by atoms with Crippen LogP contribution in [0.5, 0.6) is 5.75 Å². The van der Waals surface area contributed by atoms with Gasteiger partial charge in [0.1, 0.15) is 5.75 Å². The average Bonchev–Trinajstić information content (AvgIpc) is 2.89. The zero-order chi connectivity index (χ0) is 14.8. The van der Waals surface area contributed by atoms with Crippen molar-refractivity contribution in [1.29, 1.82) is 0 Å². The second-order valence-electron chi connectivity index (χ2n) is 4.77. The zero-order valence-electron chi connectivity index (χ0n) is 11.0. The quantitative estimate of drug-likeness (QED) is 0.788. The Hall–Kier alpha value is -1.72. The lowest BCUT2D eigenvalue weighted by atomic mass is 9.95. The third-order valence-corrected chi connectivity index (χ3v) is 3.46. The van der Waals surface area contributed by atoms with Crippen molar-refractivity contribution in [3.05, 3.63) is 29.3 Å². The van der Waals surface area contributed by atoms with Gasteiger partial charge in [0, 0.05) is 0 Å². The van der Waals surface area contributed by atoms with Crippen LogP contribution in [0.25, 0.3) is 0 Å². The molecule has 0 saturated heterocycles. The molecular formula is C14H15F3O3. The number of benzene rings is 1. The predicted molar refractivity (Wildman–Crippen MR) is 65.7 cm³/mol. The van der Waals surface area contributed by atoms with E-state index in [0.717, 1.165) is 31.7 Å². The first-order valence-electron chi connectivity index (χ1n) is 6.38. The van der Waals surface area contributed by atoms with Gasteiger partial charge >= 0.3 is 12.3 Å². The molecule has 0 bridgehead atoms. The average molecular weight is 288 g/mol. The number of rotatable bonds is 3. The molecule has 0 aliphatic heterocycles. The molecule has 20 heavy (non-hydrogen) atoms. The van der Waals surface area contributed by atoms with Crippen molar-refractivity contribution >= 4 is 5.97 Å². The molecule has 1 aromatic carbocycles. The number of esters is 1. The fourth-order valence-electron chi connectivity index (χ4n) is 2.57. The molecule has 1 aromatic rings. The summed E-state index contributed by atoms with van der Waals surface area (Å²) in [4.78, 5) is 11.4. The highest BCUT2D eigenvalue weighted by molar-refractivity contribution is 5.90. The first kappa shape index (κ1) is 14.7. The third kappa shape index (κ3) is 3.43. The number of alkyl halides is 3. The first-order valence-corrected chi connectivity index (χ1v) is 6.38. The summed E-state index contributed by atoms with van der Waals surface area (Å²) in [6.45, 7) is 0. The van der Waals surface area contributed by atoms with Crippen LogP contribution in [-0.4, -0.2) is 19.4 Å². The minimum Gasteiger partial charge on any atom is -0.465 e. The molecule has 1 saturated carbocycles. The highest BCUT2D eigenvalue weighted by Gasteiger charge is 2.34. The topological polar surface area (TPSA) is 35.5 Å². The van der Waals surface area contributed by atoms with E-state index in [2.05, 4.69) is 9.47 Å². The fraction of sp³-hybridized carbons (Fsp3) is 0.500. The number of hydrogen-bond donors (Lipinski definition) is 0. The maximum absolute atomic E-state index is 12.5. The Morgan fingerprint density at radius 2 is 1.90 bits per heavy atom. The smallest absolute Gasteiger partial charge is 0.465 e. The Morgan fingerprint density at radius 1 is 1.25 bits per heavy atom. The molecule has 0 heterocycles. The highest BCUT2D eigenvalue weighted by atomic mass is 19.4. The van der Waals surface area contributed by atoms with E-state index >= 15 is 0 Å². The number of halogens is 3. The molecule has 1 fully saturated rings. The lowest BCUT2D eigenvalue weighted by Crippen LogP contribution is -2.19. The first-order chi connectivity index (χ1) is 9.40. The molecular weight excluding hydrogens is 273 g/mol. The van der Waals surface area contributed by atoms with E-state index in [1.165, 1.54) is 19.2 Å². The number of ether oxygens (including phenoxy) is 2. The fourth-order valence-corrected chi connectivity index (χ4v) is 2.57. The van der Waals surface area contributed by atoms with E-state index in [9.17, 15) is 18.0 Å². The molecule has 3 nitrogen and oxygen atoms in total. The van der Waals surface area contributed by atoms with Gasteiger partial charge in [-0.25, -0.2) is 4.79 Å². The number of methoxy groups -OCH3 is 1. The van der Waals surface area contributed by atoms with Gasteiger partial charge in [0.05, 0.1) is 12.7 Å². The van der Waals surface area contributed by atoms with Gasteiger partial charge in [0.2, 0.25) is 0 Å². The molecule has 0 radical (unpaired) electrons. The molecule has 0 unspecified atom stereocenters. The molecule has 0 spiro atoms. The Kier molecular flexibility index (Phi) is 4.20. The summed E-state index contributed by atoms with van der Waals surface area (Å²) >= 11 is 0. The van der Waals surface area contributed by atoms with Gasteiger partial charge in [-0.3, -0.25) is 0 Å². The van der Waals surface area contributed by atoms with Gasteiger partial charge in [-0.15, -0.1) is 13.2 Å². The molecule has 1 aliphatic rings. The van der Waals surface area contributed by atoms with E-state index in [-0.39, 0.29) is 17.2 Å². The van der Waals surface area contributed by atoms with Crippen LogP contribution < -0.4 is 4.74 Å². The molecule has 0 N–H and O–H groups in total. The molecule has 6 heteroatoms. The number of carbonyl (C=O) groups is 1. The highest BCUT2D eigenvalue weighted by Crippen LogP contribution is 2.40. The summed E-state index contributed by atoms with van der Waals surface area (Å²) in [5, 5.41) is 0. The van der Waals surface area contributed by atoms with Crippen molar-refractivity contribution in [1.82, 2.24) is 0 Å². The second kappa shape index (κ2) is 5.73. The van der Waals surface area contributed by atoms with Crippen LogP contribution in [-0.2, 0) is 4.74 Å². The van der Waals surface area contributed by atoms with Gasteiger partial charge < -0.3 is 9.47 Å². The minimum absolute atomic E-state index is 0.0495. The van der Waals surface area contributed by atoms with Gasteiger partial charge in [0.25, 0.3) is 0 Å². The monoisotopic (exact) mass is 288 g/mol. The third-order valence-electron chi connectivity index (χ3n) is 3.46. The van der Waals surface area contributed by atoms with E-state index < -0.39 is 12.3 Å². The standard InChI is InChI=1S/C14H15F3O3/c1-19-13(18)10-6-7-11(9-4-2-3-5-9)12(8-10)20-14(15,16)17/h6-9H,2-5H2,1H3. The largest absolute Gasteiger partial charge is 0.573 e. The van der Waals surface area contributed by atoms with Crippen molar-refractivity contribution in [2.45, 2.75) is 38.0 Å². The normalized spacial score (nSPS) is 16.2. The molecule has 110 valence electrons. The predicted octanol–water partition coefficient (Wildman–Crippen LogP) is 4.03. The van der Waals surface area contributed by atoms with Crippen LogP contribution in [0.1, 0.15) is 47.5 Å². The maximum atomic E-state index is 12.5. The second-order valence-corrected chi connectivity index (χ2v) is 4.77. The minimum atomic E-state index is -4.78. The van der Waals surface area contributed by atoms with Crippen molar-refractivity contribution < 1.29 is 27.4 Å². The Labute approximate surface area is 114 Å². The van der Waals surface area contributed by atoms with Crippen molar-refractivity contribution in [2.24, 2.45) is 0 Å². The molecule has 2 rings (SSSR count). The molecule has 1 aliphatic carbocycles. The van der Waals surface area contributed by atoms with Crippen LogP contribution in [0.3, 0.4) is 0 Å². The summed E-state index contributed by atoms with van der Waals surface area (Å²) < 4.78 is 46.0. The summed E-state index contributed by atoms with van der Waals surface area (Å²) in [5.74, 6) is -0.929. The van der Waals surface area contributed by atoms with E-state index in [1.807, 2.05) is 0 Å². The van der Waals surface area contributed by atoms with Crippen LogP contribution in [0, 0.1) is 0 Å². The SMILES string of the molecule is COC(=O)c1ccc(C2CCCC2)c(OC(F)(F)F)c1. The van der Waals surface area contributed by atoms with Crippen LogP contribution in [0.4, 0.5) is 13.2 Å². The van der Waals surface area contributed by atoms with Gasteiger partial charge in [-0.05, 0) is 36.5 Å². The van der Waals surface area contributed by atoms with Crippen LogP contribution in [0.2, 0.25) is 0 Å². The molecule has 0 atom stereocenters. The van der Waals surface area contributed by atoms with E-state index in [1.54, 1.807) is 0 Å². The van der Waals surface area contributed by atoms with Crippen molar-refractivity contribution in [3.8, 4) is 5.75 Å². The van der Waals surface area contributed by atoms with Crippen LogP contribution in [0.15, 0.2) is 18.2 Å². The van der Waals surface area contributed by atoms with Crippen molar-refractivity contribution in [3.63, 3.8) is 0 Å². The summed E-state index contributed by atoms with van der Waals surface area (Å²) in [6.07, 6.45) is -1.11.